The van der Waals surface area contributed by atoms with E-state index in [1.165, 1.54) is 0 Å². The molecule has 0 atom stereocenters. The maximum Gasteiger partial charge on any atom is 0.270 e. The molecule has 0 bridgehead atoms. The highest BCUT2D eigenvalue weighted by Gasteiger charge is 2.22. The van der Waals surface area contributed by atoms with Crippen LogP contribution in [0, 0.1) is 0 Å². The summed E-state index contributed by atoms with van der Waals surface area (Å²) in [6.07, 6.45) is 1.73. The van der Waals surface area contributed by atoms with Crippen LogP contribution in [0.4, 0.5) is 0 Å². The van der Waals surface area contributed by atoms with E-state index < -0.39 is 0 Å². The lowest BCUT2D eigenvalue weighted by Gasteiger charge is -2.11. The highest BCUT2D eigenvalue weighted by atomic mass is 16.5. The van der Waals surface area contributed by atoms with E-state index in [9.17, 15) is 0 Å². The van der Waals surface area contributed by atoms with Crippen molar-refractivity contribution in [2.24, 2.45) is 0 Å². The fourth-order valence-corrected chi connectivity index (χ4v) is 2.24. The van der Waals surface area contributed by atoms with Crippen LogP contribution >= 0.6 is 0 Å². The minimum absolute atomic E-state index is 0.128. The number of aromatic amines is 1. The van der Waals surface area contributed by atoms with Gasteiger partial charge in [0.2, 0.25) is 0 Å². The first-order valence-electron chi connectivity index (χ1n) is 7.26. The molecule has 4 aromatic rings. The molecular weight excluding hydrogens is 294 g/mol. The van der Waals surface area contributed by atoms with Crippen molar-refractivity contribution in [2.45, 2.75) is 26.2 Å². The Morgan fingerprint density at radius 3 is 2.65 bits per heavy atom. The minimum Gasteiger partial charge on any atom is -0.413 e. The van der Waals surface area contributed by atoms with E-state index in [4.69, 9.17) is 8.94 Å². The number of pyridine rings is 1. The molecule has 0 aliphatic heterocycles. The van der Waals surface area contributed by atoms with Gasteiger partial charge >= 0.3 is 0 Å². The maximum atomic E-state index is 5.71. The van der Waals surface area contributed by atoms with Crippen molar-refractivity contribution in [3.63, 3.8) is 0 Å². The van der Waals surface area contributed by atoms with Gasteiger partial charge in [-0.25, -0.2) is 4.98 Å². The first kappa shape index (κ1) is 13.7. The Morgan fingerprint density at radius 1 is 1.09 bits per heavy atom. The van der Waals surface area contributed by atoms with Gasteiger partial charge in [0, 0.05) is 23.1 Å². The van der Waals surface area contributed by atoms with Crippen molar-refractivity contribution < 1.29 is 8.94 Å². The Hall–Kier alpha value is -2.96. The molecule has 1 N–H and O–H groups in total. The Balaban J connectivity index is 1.70. The number of nitrogens with zero attached hydrogens (tertiary/aromatic N) is 4. The van der Waals surface area contributed by atoms with Crippen LogP contribution in [0.25, 0.3) is 34.2 Å². The third kappa shape index (κ3) is 2.40. The van der Waals surface area contributed by atoms with Crippen molar-refractivity contribution in [3.8, 4) is 23.2 Å². The lowest BCUT2D eigenvalue weighted by Crippen LogP contribution is -2.09. The number of fused-ring (bicyclic) bond motifs is 1. The smallest absolute Gasteiger partial charge is 0.270 e. The van der Waals surface area contributed by atoms with Crippen molar-refractivity contribution in [1.29, 1.82) is 0 Å². The topological polar surface area (TPSA) is 93.6 Å². The van der Waals surface area contributed by atoms with Gasteiger partial charge in [0.25, 0.3) is 11.8 Å². The molecule has 0 spiro atoms. The Morgan fingerprint density at radius 2 is 1.91 bits per heavy atom. The highest BCUT2D eigenvalue weighted by molar-refractivity contribution is 5.81. The molecule has 0 amide bonds. The van der Waals surface area contributed by atoms with Gasteiger partial charge in [-0.05, 0) is 18.2 Å². The maximum absolute atomic E-state index is 5.71. The molecule has 7 heteroatoms. The largest absolute Gasteiger partial charge is 0.413 e. The van der Waals surface area contributed by atoms with Gasteiger partial charge < -0.3 is 13.9 Å². The van der Waals surface area contributed by atoms with E-state index >= 15 is 0 Å². The van der Waals surface area contributed by atoms with Crippen LogP contribution in [0.1, 0.15) is 26.5 Å². The Kier molecular flexibility index (Phi) is 2.84. The number of rotatable bonds is 2. The van der Waals surface area contributed by atoms with Crippen LogP contribution in [0.2, 0.25) is 0 Å². The molecule has 0 aliphatic carbocycles. The van der Waals surface area contributed by atoms with Gasteiger partial charge in [0.1, 0.15) is 17.1 Å². The third-order valence-corrected chi connectivity index (χ3v) is 3.52. The molecule has 7 nitrogen and oxygen atoms in total. The second-order valence-electron chi connectivity index (χ2n) is 6.36. The van der Waals surface area contributed by atoms with E-state index in [1.807, 2.05) is 45.0 Å². The highest BCUT2D eigenvalue weighted by Crippen LogP contribution is 2.28. The summed E-state index contributed by atoms with van der Waals surface area (Å²) in [6.45, 7) is 6.15. The van der Waals surface area contributed by atoms with Crippen LogP contribution in [-0.4, -0.2) is 25.3 Å². The van der Waals surface area contributed by atoms with Gasteiger partial charge in [0.05, 0.1) is 0 Å². The molecule has 0 fully saturated rings. The summed E-state index contributed by atoms with van der Waals surface area (Å²) in [5.41, 5.74) is 1.90. The first-order chi connectivity index (χ1) is 11.0. The molecule has 4 heterocycles. The second-order valence-corrected chi connectivity index (χ2v) is 6.36. The first-order valence-corrected chi connectivity index (χ1v) is 7.26. The van der Waals surface area contributed by atoms with Gasteiger partial charge in [-0.1, -0.05) is 25.9 Å². The molecular formula is C16H15N5O2. The Bertz CT molecular complexity index is 941. The fourth-order valence-electron chi connectivity index (χ4n) is 2.24. The summed E-state index contributed by atoms with van der Waals surface area (Å²) in [7, 11) is 0. The van der Waals surface area contributed by atoms with E-state index in [-0.39, 0.29) is 5.41 Å². The van der Waals surface area contributed by atoms with Crippen LogP contribution in [0.15, 0.2) is 39.4 Å². The zero-order valence-electron chi connectivity index (χ0n) is 13.0. The molecule has 4 rings (SSSR count). The molecule has 0 unspecified atom stereocenters. The fraction of sp³-hybridized carbons (Fsp3) is 0.250. The van der Waals surface area contributed by atoms with E-state index in [0.717, 1.165) is 22.5 Å². The average Bonchev–Trinajstić information content (AvgIpc) is 3.23. The van der Waals surface area contributed by atoms with Crippen molar-refractivity contribution in [2.75, 3.05) is 0 Å². The number of hydrogen-bond acceptors (Lipinski definition) is 6. The monoisotopic (exact) mass is 309 g/mol. The zero-order chi connectivity index (χ0) is 16.0. The molecule has 0 saturated carbocycles. The van der Waals surface area contributed by atoms with Crippen LogP contribution in [0.3, 0.4) is 0 Å². The van der Waals surface area contributed by atoms with Gasteiger partial charge in [-0.3, -0.25) is 0 Å². The number of nitrogens with one attached hydrogen (secondary N) is 1. The number of hydrogen-bond donors (Lipinski definition) is 1. The van der Waals surface area contributed by atoms with Gasteiger partial charge in [-0.2, -0.15) is 0 Å². The molecule has 4 aromatic heterocycles. The van der Waals surface area contributed by atoms with Crippen molar-refractivity contribution in [3.05, 3.63) is 36.2 Å². The Labute approximate surface area is 131 Å². The standard InChI is InChI=1S/C16H15N5O2/c1-16(2,3)12-8-11(21-23-12)15-20-19-14(22-15)10-7-9-5-4-6-17-13(9)18-10/h4-8H,1-3H3,(H,17,18). The van der Waals surface area contributed by atoms with Gasteiger partial charge in [-0.15, -0.1) is 10.2 Å². The normalized spacial score (nSPS) is 12.1. The molecule has 0 aromatic carbocycles. The summed E-state index contributed by atoms with van der Waals surface area (Å²) < 4.78 is 11.1. The quantitative estimate of drug-likeness (QED) is 0.608. The van der Waals surface area contributed by atoms with E-state index in [0.29, 0.717) is 17.5 Å². The lowest BCUT2D eigenvalue weighted by molar-refractivity contribution is 0.329. The summed E-state index contributed by atoms with van der Waals surface area (Å²) in [5, 5.41) is 13.1. The number of aromatic nitrogens is 5. The lowest BCUT2D eigenvalue weighted by atomic mass is 9.93. The second kappa shape index (κ2) is 4.77. The van der Waals surface area contributed by atoms with Crippen LogP contribution in [0.5, 0.6) is 0 Å². The summed E-state index contributed by atoms with van der Waals surface area (Å²) in [5.74, 6) is 1.48. The predicted octanol–water partition coefficient (Wildman–Crippen LogP) is 3.57. The molecule has 0 saturated heterocycles. The molecule has 0 aliphatic rings. The average molecular weight is 309 g/mol. The summed E-state index contributed by atoms with van der Waals surface area (Å²) in [4.78, 5) is 7.40. The molecule has 0 radical (unpaired) electrons. The van der Waals surface area contributed by atoms with E-state index in [2.05, 4.69) is 25.3 Å². The summed E-state index contributed by atoms with van der Waals surface area (Å²) in [6, 6.07) is 7.59. The molecule has 23 heavy (non-hydrogen) atoms. The van der Waals surface area contributed by atoms with Crippen LogP contribution < -0.4 is 0 Å². The number of H-pyrrole nitrogens is 1. The van der Waals surface area contributed by atoms with Crippen molar-refractivity contribution in [1.82, 2.24) is 25.3 Å². The zero-order valence-corrected chi connectivity index (χ0v) is 13.0. The molecule has 116 valence electrons. The van der Waals surface area contributed by atoms with Crippen molar-refractivity contribution >= 4 is 11.0 Å². The summed E-state index contributed by atoms with van der Waals surface area (Å²) >= 11 is 0. The minimum atomic E-state index is -0.128. The predicted molar refractivity (Wildman–Crippen MR) is 83.6 cm³/mol. The third-order valence-electron chi connectivity index (χ3n) is 3.52. The van der Waals surface area contributed by atoms with Crippen LogP contribution in [-0.2, 0) is 5.41 Å². The van der Waals surface area contributed by atoms with E-state index in [1.54, 1.807) is 6.20 Å². The SMILES string of the molecule is CC(C)(C)c1cc(-c2nnc(-c3cc4cccnc4[nH]3)o2)no1. The van der Waals surface area contributed by atoms with Gasteiger partial charge in [0.15, 0.2) is 5.69 Å².